The molecule has 18 heavy (non-hydrogen) atoms. The van der Waals surface area contributed by atoms with Gasteiger partial charge in [0, 0.05) is 16.2 Å². The zero-order chi connectivity index (χ0) is 13.1. The third-order valence-electron chi connectivity index (χ3n) is 2.88. The van der Waals surface area contributed by atoms with E-state index in [0.717, 1.165) is 17.1 Å². The number of H-pyrrole nitrogens is 1. The third-order valence-corrected chi connectivity index (χ3v) is 4.45. The highest BCUT2D eigenvalue weighted by molar-refractivity contribution is 7.99. The molecule has 0 spiro atoms. The van der Waals surface area contributed by atoms with Crippen LogP contribution in [0, 0.1) is 19.8 Å². The summed E-state index contributed by atoms with van der Waals surface area (Å²) in [5, 5.41) is 6.83. The number of rotatable bonds is 4. The normalized spacial score (nSPS) is 11.2. The van der Waals surface area contributed by atoms with E-state index in [2.05, 4.69) is 55.0 Å². The molecule has 0 radical (unpaired) electrons. The molecule has 0 saturated heterocycles. The highest BCUT2D eigenvalue weighted by Gasteiger charge is 2.09. The Bertz CT molecular complexity index is 518. The van der Waals surface area contributed by atoms with Crippen LogP contribution in [0.25, 0.3) is 11.4 Å². The molecule has 1 heterocycles. The zero-order valence-corrected chi connectivity index (χ0v) is 12.1. The van der Waals surface area contributed by atoms with Crippen LogP contribution in [0.4, 0.5) is 0 Å². The summed E-state index contributed by atoms with van der Waals surface area (Å²) >= 11 is 1.92. The van der Waals surface area contributed by atoms with Crippen molar-refractivity contribution in [2.45, 2.75) is 32.6 Å². The van der Waals surface area contributed by atoms with Gasteiger partial charge < -0.3 is 0 Å². The first-order valence-corrected chi connectivity index (χ1v) is 7.16. The van der Waals surface area contributed by atoms with Gasteiger partial charge in [0.05, 0.1) is 0 Å². The Morgan fingerprint density at radius 3 is 2.67 bits per heavy atom. The molecule has 2 aromatic rings. The molecule has 1 N–H and O–H groups in total. The Balaban J connectivity index is 2.34. The Morgan fingerprint density at radius 1 is 1.28 bits per heavy atom. The molecule has 1 aromatic heterocycles. The standard InChI is InChI=1S/C14H19N3S/c1-9(2)7-18-13-6-12(5-10(3)11(13)4)14-15-8-16-17-14/h5-6,8-9H,7H2,1-4H3,(H,15,16,17). The summed E-state index contributed by atoms with van der Waals surface area (Å²) in [7, 11) is 0. The molecule has 0 aliphatic carbocycles. The van der Waals surface area contributed by atoms with Crippen LogP contribution in [0.2, 0.25) is 0 Å². The number of aromatic amines is 1. The van der Waals surface area contributed by atoms with E-state index in [-0.39, 0.29) is 0 Å². The van der Waals surface area contributed by atoms with Gasteiger partial charge in [-0.05, 0) is 43.0 Å². The second-order valence-electron chi connectivity index (χ2n) is 4.96. The number of hydrogen-bond donors (Lipinski definition) is 1. The maximum Gasteiger partial charge on any atom is 0.155 e. The van der Waals surface area contributed by atoms with Crippen molar-refractivity contribution in [3.63, 3.8) is 0 Å². The van der Waals surface area contributed by atoms with Crippen molar-refractivity contribution in [2.24, 2.45) is 5.92 Å². The minimum Gasteiger partial charge on any atom is -0.259 e. The molecule has 4 heteroatoms. The monoisotopic (exact) mass is 261 g/mol. The second kappa shape index (κ2) is 5.57. The van der Waals surface area contributed by atoms with Gasteiger partial charge in [0.25, 0.3) is 0 Å². The van der Waals surface area contributed by atoms with E-state index >= 15 is 0 Å². The third kappa shape index (κ3) is 2.93. The maximum absolute atomic E-state index is 4.22. The average molecular weight is 261 g/mol. The smallest absolute Gasteiger partial charge is 0.155 e. The lowest BCUT2D eigenvalue weighted by Crippen LogP contribution is -1.94. The fourth-order valence-electron chi connectivity index (χ4n) is 1.71. The predicted octanol–water partition coefficient (Wildman–Crippen LogP) is 3.84. The number of hydrogen-bond acceptors (Lipinski definition) is 3. The first-order valence-electron chi connectivity index (χ1n) is 6.17. The topological polar surface area (TPSA) is 41.6 Å². The summed E-state index contributed by atoms with van der Waals surface area (Å²) in [6, 6.07) is 4.37. The Labute approximate surface area is 112 Å². The minimum atomic E-state index is 0.698. The molecule has 0 unspecified atom stereocenters. The van der Waals surface area contributed by atoms with Crippen LogP contribution in [-0.4, -0.2) is 20.9 Å². The van der Waals surface area contributed by atoms with Gasteiger partial charge in [-0.15, -0.1) is 11.8 Å². The van der Waals surface area contributed by atoms with Crippen molar-refractivity contribution in [3.05, 3.63) is 29.6 Å². The van der Waals surface area contributed by atoms with Crippen molar-refractivity contribution >= 4 is 11.8 Å². The molecule has 0 bridgehead atoms. The first-order chi connectivity index (χ1) is 8.58. The van der Waals surface area contributed by atoms with Crippen LogP contribution in [-0.2, 0) is 0 Å². The highest BCUT2D eigenvalue weighted by atomic mass is 32.2. The van der Waals surface area contributed by atoms with Crippen molar-refractivity contribution in [1.82, 2.24) is 15.2 Å². The van der Waals surface area contributed by atoms with Gasteiger partial charge in [0.1, 0.15) is 6.33 Å². The van der Waals surface area contributed by atoms with Crippen molar-refractivity contribution < 1.29 is 0 Å². The van der Waals surface area contributed by atoms with Crippen LogP contribution in [0.3, 0.4) is 0 Å². The largest absolute Gasteiger partial charge is 0.259 e. The summed E-state index contributed by atoms with van der Waals surface area (Å²) in [5.41, 5.74) is 3.78. The van der Waals surface area contributed by atoms with Gasteiger partial charge in [-0.25, -0.2) is 4.98 Å². The van der Waals surface area contributed by atoms with E-state index < -0.39 is 0 Å². The van der Waals surface area contributed by atoms with Crippen LogP contribution in [0.1, 0.15) is 25.0 Å². The second-order valence-corrected chi connectivity index (χ2v) is 6.02. The molecule has 1 aromatic carbocycles. The summed E-state index contributed by atoms with van der Waals surface area (Å²) in [5.74, 6) is 2.67. The number of benzene rings is 1. The number of nitrogens with zero attached hydrogens (tertiary/aromatic N) is 2. The fraction of sp³-hybridized carbons (Fsp3) is 0.429. The molecule has 2 rings (SSSR count). The zero-order valence-electron chi connectivity index (χ0n) is 11.3. The average Bonchev–Trinajstić information content (AvgIpc) is 2.84. The molecule has 96 valence electrons. The van der Waals surface area contributed by atoms with Gasteiger partial charge in [-0.1, -0.05) is 13.8 Å². The summed E-state index contributed by atoms with van der Waals surface area (Å²) in [6.07, 6.45) is 1.55. The quantitative estimate of drug-likeness (QED) is 0.850. The maximum atomic E-state index is 4.22. The molecule has 3 nitrogen and oxygen atoms in total. The van der Waals surface area contributed by atoms with E-state index in [1.165, 1.54) is 16.0 Å². The molecular formula is C14H19N3S. The van der Waals surface area contributed by atoms with Gasteiger partial charge in [-0.3, -0.25) is 5.10 Å². The summed E-state index contributed by atoms with van der Waals surface area (Å²) in [4.78, 5) is 5.56. The van der Waals surface area contributed by atoms with Crippen molar-refractivity contribution in [3.8, 4) is 11.4 Å². The lowest BCUT2D eigenvalue weighted by Gasteiger charge is -2.12. The van der Waals surface area contributed by atoms with E-state index in [1.54, 1.807) is 6.33 Å². The van der Waals surface area contributed by atoms with E-state index in [0.29, 0.717) is 5.92 Å². The fourth-order valence-corrected chi connectivity index (χ4v) is 2.82. The number of thioether (sulfide) groups is 1. The van der Waals surface area contributed by atoms with Crippen LogP contribution < -0.4 is 0 Å². The molecular weight excluding hydrogens is 242 g/mol. The molecule has 0 aliphatic rings. The molecule has 0 atom stereocenters. The van der Waals surface area contributed by atoms with Crippen molar-refractivity contribution in [2.75, 3.05) is 5.75 Å². The molecule has 0 fully saturated rings. The summed E-state index contributed by atoms with van der Waals surface area (Å²) < 4.78 is 0. The first kappa shape index (κ1) is 13.1. The lowest BCUT2D eigenvalue weighted by atomic mass is 10.1. The van der Waals surface area contributed by atoms with Gasteiger partial charge >= 0.3 is 0 Å². The molecule has 0 aliphatic heterocycles. The predicted molar refractivity (Wildman–Crippen MR) is 76.9 cm³/mol. The molecule has 0 amide bonds. The van der Waals surface area contributed by atoms with E-state index in [1.807, 2.05) is 11.8 Å². The van der Waals surface area contributed by atoms with Crippen LogP contribution >= 0.6 is 11.8 Å². The van der Waals surface area contributed by atoms with Gasteiger partial charge in [-0.2, -0.15) is 5.10 Å². The SMILES string of the molecule is Cc1cc(-c2ncn[nH]2)cc(SCC(C)C)c1C. The van der Waals surface area contributed by atoms with E-state index in [9.17, 15) is 0 Å². The number of aromatic nitrogens is 3. The Kier molecular flexibility index (Phi) is 4.07. The minimum absolute atomic E-state index is 0.698. The van der Waals surface area contributed by atoms with Gasteiger partial charge in [0.2, 0.25) is 0 Å². The summed E-state index contributed by atoms with van der Waals surface area (Å²) in [6.45, 7) is 8.82. The Morgan fingerprint density at radius 2 is 2.06 bits per heavy atom. The number of nitrogens with one attached hydrogen (secondary N) is 1. The van der Waals surface area contributed by atoms with Crippen LogP contribution in [0.5, 0.6) is 0 Å². The number of aryl methyl sites for hydroxylation is 1. The molecule has 0 saturated carbocycles. The lowest BCUT2D eigenvalue weighted by molar-refractivity contribution is 0.750. The highest BCUT2D eigenvalue weighted by Crippen LogP contribution is 2.30. The van der Waals surface area contributed by atoms with E-state index in [4.69, 9.17) is 0 Å². The van der Waals surface area contributed by atoms with Crippen molar-refractivity contribution in [1.29, 1.82) is 0 Å². The van der Waals surface area contributed by atoms with Gasteiger partial charge in [0.15, 0.2) is 5.82 Å². The Hall–Kier alpha value is -1.29. The van der Waals surface area contributed by atoms with Crippen LogP contribution in [0.15, 0.2) is 23.4 Å².